The highest BCUT2D eigenvalue weighted by molar-refractivity contribution is 5.97. The standard InChI is InChI=1S/C16H19NO3/c1-3-4-10-19-16(18)13-11(2)14(20-15(13)17)12-8-6-5-7-9-12/h5-9H,3-4,10,17H2,1-2H3. The summed E-state index contributed by atoms with van der Waals surface area (Å²) >= 11 is 0. The van der Waals surface area contributed by atoms with Crippen molar-refractivity contribution in [2.45, 2.75) is 26.7 Å². The molecule has 1 heterocycles. The first-order valence-electron chi connectivity index (χ1n) is 6.76. The second-order valence-corrected chi connectivity index (χ2v) is 4.65. The lowest BCUT2D eigenvalue weighted by molar-refractivity contribution is 0.0500. The second-order valence-electron chi connectivity index (χ2n) is 4.65. The molecule has 1 aromatic carbocycles. The number of carbonyl (C=O) groups is 1. The lowest BCUT2D eigenvalue weighted by atomic mass is 10.1. The van der Waals surface area contributed by atoms with E-state index in [9.17, 15) is 4.79 Å². The zero-order valence-corrected chi connectivity index (χ0v) is 11.8. The van der Waals surface area contributed by atoms with Crippen molar-refractivity contribution in [3.8, 4) is 11.3 Å². The summed E-state index contributed by atoms with van der Waals surface area (Å²) in [6.45, 7) is 4.26. The smallest absolute Gasteiger partial charge is 0.343 e. The number of nitrogen functional groups attached to an aromatic ring is 1. The van der Waals surface area contributed by atoms with Gasteiger partial charge in [0, 0.05) is 11.1 Å². The number of benzene rings is 1. The fraction of sp³-hybridized carbons (Fsp3) is 0.312. The maximum absolute atomic E-state index is 12.0. The predicted molar refractivity (Wildman–Crippen MR) is 78.5 cm³/mol. The third-order valence-corrected chi connectivity index (χ3v) is 3.15. The summed E-state index contributed by atoms with van der Waals surface area (Å²) in [6.07, 6.45) is 1.82. The number of rotatable bonds is 5. The summed E-state index contributed by atoms with van der Waals surface area (Å²) in [6, 6.07) is 9.57. The van der Waals surface area contributed by atoms with Crippen molar-refractivity contribution in [2.24, 2.45) is 0 Å². The van der Waals surface area contributed by atoms with Crippen molar-refractivity contribution in [1.29, 1.82) is 0 Å². The van der Waals surface area contributed by atoms with Crippen molar-refractivity contribution >= 4 is 11.9 Å². The summed E-state index contributed by atoms with van der Waals surface area (Å²) in [5, 5.41) is 0. The third kappa shape index (κ3) is 2.85. The molecule has 20 heavy (non-hydrogen) atoms. The summed E-state index contributed by atoms with van der Waals surface area (Å²) in [5.74, 6) is 0.313. The molecule has 0 aliphatic carbocycles. The molecule has 1 aromatic heterocycles. The molecular formula is C16H19NO3. The Hall–Kier alpha value is -2.23. The monoisotopic (exact) mass is 273 g/mol. The van der Waals surface area contributed by atoms with E-state index in [1.54, 1.807) is 0 Å². The normalized spacial score (nSPS) is 10.5. The Morgan fingerprint density at radius 1 is 1.30 bits per heavy atom. The van der Waals surface area contributed by atoms with Gasteiger partial charge in [0.1, 0.15) is 11.3 Å². The van der Waals surface area contributed by atoms with E-state index >= 15 is 0 Å². The highest BCUT2D eigenvalue weighted by atomic mass is 16.5. The van der Waals surface area contributed by atoms with Crippen molar-refractivity contribution in [1.82, 2.24) is 0 Å². The average Bonchev–Trinajstić information content (AvgIpc) is 2.75. The first-order chi connectivity index (χ1) is 9.65. The first-order valence-corrected chi connectivity index (χ1v) is 6.76. The topological polar surface area (TPSA) is 65.5 Å². The number of nitrogens with two attached hydrogens (primary N) is 1. The SMILES string of the molecule is CCCCOC(=O)c1c(N)oc(-c2ccccc2)c1C. The van der Waals surface area contributed by atoms with E-state index in [2.05, 4.69) is 0 Å². The van der Waals surface area contributed by atoms with E-state index in [-0.39, 0.29) is 5.88 Å². The van der Waals surface area contributed by atoms with Crippen molar-refractivity contribution in [3.05, 3.63) is 41.5 Å². The largest absolute Gasteiger partial charge is 0.462 e. The van der Waals surface area contributed by atoms with Crippen LogP contribution in [0.4, 0.5) is 5.88 Å². The predicted octanol–water partition coefficient (Wildman–Crippen LogP) is 3.79. The summed E-state index contributed by atoms with van der Waals surface area (Å²) in [5.41, 5.74) is 7.76. The Bertz CT molecular complexity index is 587. The van der Waals surface area contributed by atoms with Gasteiger partial charge in [-0.1, -0.05) is 43.7 Å². The minimum atomic E-state index is -0.417. The van der Waals surface area contributed by atoms with E-state index in [1.165, 1.54) is 0 Å². The van der Waals surface area contributed by atoms with Crippen molar-refractivity contribution in [2.75, 3.05) is 12.3 Å². The lowest BCUT2D eigenvalue weighted by Crippen LogP contribution is -2.08. The van der Waals surface area contributed by atoms with Gasteiger partial charge in [0.25, 0.3) is 0 Å². The van der Waals surface area contributed by atoms with Crippen LogP contribution in [0.15, 0.2) is 34.7 Å². The molecule has 0 amide bonds. The van der Waals surface area contributed by atoms with Crippen LogP contribution in [0.5, 0.6) is 0 Å². The Morgan fingerprint density at radius 2 is 2.00 bits per heavy atom. The van der Waals surface area contributed by atoms with Gasteiger partial charge in [0.2, 0.25) is 5.88 Å². The van der Waals surface area contributed by atoms with Crippen LogP contribution in [-0.4, -0.2) is 12.6 Å². The van der Waals surface area contributed by atoms with Gasteiger partial charge in [-0.05, 0) is 13.3 Å². The van der Waals surface area contributed by atoms with Crippen LogP contribution in [0, 0.1) is 6.92 Å². The van der Waals surface area contributed by atoms with Crippen LogP contribution in [0.2, 0.25) is 0 Å². The average molecular weight is 273 g/mol. The van der Waals surface area contributed by atoms with Crippen molar-refractivity contribution in [3.63, 3.8) is 0 Å². The van der Waals surface area contributed by atoms with Gasteiger partial charge in [-0.15, -0.1) is 0 Å². The molecule has 2 N–H and O–H groups in total. The number of hydrogen-bond donors (Lipinski definition) is 1. The molecule has 2 rings (SSSR count). The zero-order valence-electron chi connectivity index (χ0n) is 11.8. The molecule has 0 spiro atoms. The molecule has 0 saturated heterocycles. The number of unbranched alkanes of at least 4 members (excludes halogenated alkanes) is 1. The first kappa shape index (κ1) is 14.2. The van der Waals surface area contributed by atoms with E-state index in [4.69, 9.17) is 14.9 Å². The zero-order chi connectivity index (χ0) is 14.5. The number of carbonyl (C=O) groups excluding carboxylic acids is 1. The van der Waals surface area contributed by atoms with Gasteiger partial charge in [-0.25, -0.2) is 4.79 Å². The Labute approximate surface area is 118 Å². The van der Waals surface area contributed by atoms with Gasteiger partial charge < -0.3 is 14.9 Å². The van der Waals surface area contributed by atoms with Gasteiger partial charge in [0.05, 0.1) is 6.61 Å². The third-order valence-electron chi connectivity index (χ3n) is 3.15. The van der Waals surface area contributed by atoms with E-state index < -0.39 is 5.97 Å². The lowest BCUT2D eigenvalue weighted by Gasteiger charge is -2.03. The highest BCUT2D eigenvalue weighted by Crippen LogP contribution is 2.32. The van der Waals surface area contributed by atoms with E-state index in [1.807, 2.05) is 44.2 Å². The molecule has 4 heteroatoms. The van der Waals surface area contributed by atoms with Crippen LogP contribution >= 0.6 is 0 Å². The van der Waals surface area contributed by atoms with Gasteiger partial charge >= 0.3 is 5.97 Å². The molecule has 0 unspecified atom stereocenters. The van der Waals surface area contributed by atoms with Crippen molar-refractivity contribution < 1.29 is 13.9 Å². The molecule has 0 radical (unpaired) electrons. The molecule has 4 nitrogen and oxygen atoms in total. The number of furan rings is 1. The fourth-order valence-electron chi connectivity index (χ4n) is 2.04. The van der Waals surface area contributed by atoms with Crippen LogP contribution in [0.25, 0.3) is 11.3 Å². The summed E-state index contributed by atoms with van der Waals surface area (Å²) < 4.78 is 10.7. The fourth-order valence-corrected chi connectivity index (χ4v) is 2.04. The minimum Gasteiger partial charge on any atom is -0.462 e. The Kier molecular flexibility index (Phi) is 4.45. The quantitative estimate of drug-likeness (QED) is 0.664. The maximum Gasteiger partial charge on any atom is 0.343 e. The molecule has 2 aromatic rings. The molecule has 0 aliphatic rings. The number of ether oxygens (including phenoxy) is 1. The van der Waals surface area contributed by atoms with E-state index in [0.717, 1.165) is 24.0 Å². The molecule has 0 atom stereocenters. The number of hydrogen-bond acceptors (Lipinski definition) is 4. The summed E-state index contributed by atoms with van der Waals surface area (Å²) in [4.78, 5) is 12.0. The van der Waals surface area contributed by atoms with Crippen LogP contribution in [0.1, 0.15) is 35.7 Å². The number of anilines is 1. The molecule has 0 bridgehead atoms. The van der Waals surface area contributed by atoms with Gasteiger partial charge in [-0.2, -0.15) is 0 Å². The Balaban J connectivity index is 2.28. The highest BCUT2D eigenvalue weighted by Gasteiger charge is 2.23. The molecule has 0 aliphatic heterocycles. The van der Waals surface area contributed by atoms with Gasteiger partial charge in [0.15, 0.2) is 0 Å². The molecule has 0 saturated carbocycles. The second kappa shape index (κ2) is 6.28. The minimum absolute atomic E-state index is 0.114. The van der Waals surface area contributed by atoms with Crippen LogP contribution in [-0.2, 0) is 4.74 Å². The van der Waals surface area contributed by atoms with E-state index in [0.29, 0.717) is 17.9 Å². The molecule has 0 fully saturated rings. The number of esters is 1. The summed E-state index contributed by atoms with van der Waals surface area (Å²) in [7, 11) is 0. The maximum atomic E-state index is 12.0. The Morgan fingerprint density at radius 3 is 2.65 bits per heavy atom. The van der Waals surface area contributed by atoms with Gasteiger partial charge in [-0.3, -0.25) is 0 Å². The molecule has 106 valence electrons. The van der Waals surface area contributed by atoms with Crippen LogP contribution in [0.3, 0.4) is 0 Å². The van der Waals surface area contributed by atoms with Crippen LogP contribution < -0.4 is 5.73 Å². The molecular weight excluding hydrogens is 254 g/mol.